The predicted octanol–water partition coefficient (Wildman–Crippen LogP) is 3.39. The van der Waals surface area contributed by atoms with Crippen LogP contribution in [0.1, 0.15) is 48.9 Å². The van der Waals surface area contributed by atoms with Gasteiger partial charge >= 0.3 is 0 Å². The molecule has 0 saturated heterocycles. The van der Waals surface area contributed by atoms with Crippen LogP contribution in [0.3, 0.4) is 0 Å². The molecule has 6 nitrogen and oxygen atoms in total. The van der Waals surface area contributed by atoms with Crippen molar-refractivity contribution < 1.29 is 9.32 Å². The summed E-state index contributed by atoms with van der Waals surface area (Å²) in [6, 6.07) is 8.18. The quantitative estimate of drug-likeness (QED) is 0.712. The SMILES string of the molecule is Cc1cc(CNC(=O)C2Cc3cn(C)c4cccc(c34)C(CC(C)C)N2)no1. The minimum atomic E-state index is -0.283. The molecule has 2 atom stereocenters. The van der Waals surface area contributed by atoms with Gasteiger partial charge in [-0.05, 0) is 42.9 Å². The molecule has 1 aliphatic rings. The highest BCUT2D eigenvalue weighted by Gasteiger charge is 2.30. The molecule has 4 rings (SSSR count). The number of carbonyl (C=O) groups excluding carboxylic acids is 1. The molecule has 2 unspecified atom stereocenters. The lowest BCUT2D eigenvalue weighted by Crippen LogP contribution is -2.46. The summed E-state index contributed by atoms with van der Waals surface area (Å²) in [5.41, 5.74) is 4.49. The lowest BCUT2D eigenvalue weighted by molar-refractivity contribution is -0.123. The molecule has 2 N–H and O–H groups in total. The minimum Gasteiger partial charge on any atom is -0.361 e. The molecule has 148 valence electrons. The summed E-state index contributed by atoms with van der Waals surface area (Å²) in [6.45, 7) is 6.67. The van der Waals surface area contributed by atoms with Crippen molar-refractivity contribution >= 4 is 16.8 Å². The maximum absolute atomic E-state index is 13.0. The lowest BCUT2D eigenvalue weighted by atomic mass is 9.94. The van der Waals surface area contributed by atoms with Crippen LogP contribution in [-0.2, 0) is 24.8 Å². The second-order valence-corrected chi connectivity index (χ2v) is 8.26. The van der Waals surface area contributed by atoms with Gasteiger partial charge in [-0.3, -0.25) is 10.1 Å². The number of nitrogens with zero attached hydrogens (tertiary/aromatic N) is 2. The second kappa shape index (κ2) is 7.43. The first-order chi connectivity index (χ1) is 13.4. The Labute approximate surface area is 165 Å². The van der Waals surface area contributed by atoms with Crippen molar-refractivity contribution in [1.29, 1.82) is 0 Å². The molecule has 6 heteroatoms. The van der Waals surface area contributed by atoms with Gasteiger partial charge in [0.2, 0.25) is 5.91 Å². The second-order valence-electron chi connectivity index (χ2n) is 8.26. The van der Waals surface area contributed by atoms with E-state index in [1.807, 2.05) is 13.0 Å². The molecule has 1 aromatic carbocycles. The zero-order valence-corrected chi connectivity index (χ0v) is 17.0. The molecule has 28 heavy (non-hydrogen) atoms. The molecule has 0 aliphatic carbocycles. The van der Waals surface area contributed by atoms with Gasteiger partial charge in [0.05, 0.1) is 12.6 Å². The van der Waals surface area contributed by atoms with Crippen molar-refractivity contribution in [1.82, 2.24) is 20.4 Å². The number of aryl methyl sites for hydroxylation is 2. The van der Waals surface area contributed by atoms with Crippen molar-refractivity contribution in [3.63, 3.8) is 0 Å². The highest BCUT2D eigenvalue weighted by molar-refractivity contribution is 5.90. The Bertz CT molecular complexity index is 1000. The third-order valence-electron chi connectivity index (χ3n) is 5.47. The number of aromatic nitrogens is 2. The summed E-state index contributed by atoms with van der Waals surface area (Å²) in [5.74, 6) is 1.27. The summed E-state index contributed by atoms with van der Waals surface area (Å²) in [5, 5.41) is 11.9. The first-order valence-corrected chi connectivity index (χ1v) is 9.95. The van der Waals surface area contributed by atoms with Gasteiger partial charge in [0.1, 0.15) is 11.5 Å². The van der Waals surface area contributed by atoms with E-state index in [1.165, 1.54) is 22.0 Å². The standard InChI is InChI=1S/C22H28N4O2/c1-13(2)8-18-17-6-5-7-20-21(17)15(12-26(20)4)10-19(24-18)22(27)23-11-16-9-14(3)28-25-16/h5-7,9,12-13,18-19,24H,8,10-11H2,1-4H3,(H,23,27). The molecule has 3 heterocycles. The Morgan fingerprint density at radius 2 is 2.25 bits per heavy atom. The van der Waals surface area contributed by atoms with Crippen LogP contribution in [0, 0.1) is 12.8 Å². The van der Waals surface area contributed by atoms with Crippen LogP contribution in [0.15, 0.2) is 35.0 Å². The first kappa shape index (κ1) is 18.7. The zero-order chi connectivity index (χ0) is 19.8. The van der Waals surface area contributed by atoms with E-state index in [1.54, 1.807) is 0 Å². The van der Waals surface area contributed by atoms with Crippen LogP contribution >= 0.6 is 0 Å². The molecule has 2 aromatic heterocycles. The van der Waals surface area contributed by atoms with Gasteiger partial charge in [0, 0.05) is 36.3 Å². The molecule has 0 fully saturated rings. The third-order valence-corrected chi connectivity index (χ3v) is 5.47. The van der Waals surface area contributed by atoms with Crippen molar-refractivity contribution in [2.24, 2.45) is 13.0 Å². The Kier molecular flexibility index (Phi) is 4.98. The molecule has 1 aliphatic heterocycles. The van der Waals surface area contributed by atoms with Crippen LogP contribution in [0.4, 0.5) is 0 Å². The lowest BCUT2D eigenvalue weighted by Gasteiger charge is -2.25. The molecular formula is C22H28N4O2. The number of benzene rings is 1. The maximum Gasteiger partial charge on any atom is 0.237 e. The molecule has 0 bridgehead atoms. The number of nitrogens with one attached hydrogen (secondary N) is 2. The first-order valence-electron chi connectivity index (χ1n) is 9.95. The normalized spacial score (nSPS) is 19.2. The minimum absolute atomic E-state index is 0.000724. The average molecular weight is 380 g/mol. The van der Waals surface area contributed by atoms with Crippen molar-refractivity contribution in [2.45, 2.75) is 52.2 Å². The van der Waals surface area contributed by atoms with E-state index >= 15 is 0 Å². The average Bonchev–Trinajstić information content (AvgIpc) is 3.16. The van der Waals surface area contributed by atoms with Gasteiger partial charge in [-0.25, -0.2) is 0 Å². The molecular weight excluding hydrogens is 352 g/mol. The van der Waals surface area contributed by atoms with E-state index in [0.717, 1.165) is 17.9 Å². The summed E-state index contributed by atoms with van der Waals surface area (Å²) < 4.78 is 7.25. The number of carbonyl (C=O) groups is 1. The summed E-state index contributed by atoms with van der Waals surface area (Å²) in [6.07, 6.45) is 3.82. The maximum atomic E-state index is 13.0. The van der Waals surface area contributed by atoms with Crippen molar-refractivity contribution in [3.8, 4) is 0 Å². The Morgan fingerprint density at radius 3 is 2.96 bits per heavy atom. The van der Waals surface area contributed by atoms with Gasteiger partial charge in [-0.2, -0.15) is 0 Å². The highest BCUT2D eigenvalue weighted by Crippen LogP contribution is 2.35. The molecule has 0 spiro atoms. The fourth-order valence-electron chi connectivity index (χ4n) is 4.26. The topological polar surface area (TPSA) is 72.1 Å². The third kappa shape index (κ3) is 3.56. The number of rotatable bonds is 5. The van der Waals surface area contributed by atoms with Crippen LogP contribution in [0.5, 0.6) is 0 Å². The molecule has 1 amide bonds. The van der Waals surface area contributed by atoms with Gasteiger partial charge in [-0.15, -0.1) is 0 Å². The molecule has 3 aromatic rings. The van der Waals surface area contributed by atoms with E-state index in [2.05, 4.69) is 65.6 Å². The summed E-state index contributed by atoms with van der Waals surface area (Å²) in [4.78, 5) is 13.0. The van der Waals surface area contributed by atoms with Gasteiger partial charge in [0.25, 0.3) is 0 Å². The summed E-state index contributed by atoms with van der Waals surface area (Å²) >= 11 is 0. The van der Waals surface area contributed by atoms with Gasteiger partial charge in [-0.1, -0.05) is 31.1 Å². The monoisotopic (exact) mass is 380 g/mol. The van der Waals surface area contributed by atoms with Crippen molar-refractivity contribution in [2.75, 3.05) is 0 Å². The largest absolute Gasteiger partial charge is 0.361 e. The Morgan fingerprint density at radius 1 is 1.43 bits per heavy atom. The number of amides is 1. The number of hydrogen-bond donors (Lipinski definition) is 2. The van der Waals surface area contributed by atoms with Crippen LogP contribution in [-0.4, -0.2) is 21.7 Å². The van der Waals surface area contributed by atoms with E-state index in [-0.39, 0.29) is 18.0 Å². The van der Waals surface area contributed by atoms with E-state index in [4.69, 9.17) is 4.52 Å². The molecule has 0 radical (unpaired) electrons. The van der Waals surface area contributed by atoms with Gasteiger partial charge in [0.15, 0.2) is 0 Å². The van der Waals surface area contributed by atoms with E-state index in [9.17, 15) is 4.79 Å². The highest BCUT2D eigenvalue weighted by atomic mass is 16.5. The smallest absolute Gasteiger partial charge is 0.237 e. The summed E-state index contributed by atoms with van der Waals surface area (Å²) in [7, 11) is 2.07. The fraction of sp³-hybridized carbons (Fsp3) is 0.455. The van der Waals surface area contributed by atoms with E-state index in [0.29, 0.717) is 18.9 Å². The van der Waals surface area contributed by atoms with Crippen LogP contribution in [0.25, 0.3) is 10.9 Å². The Balaban J connectivity index is 1.62. The van der Waals surface area contributed by atoms with Crippen LogP contribution < -0.4 is 10.6 Å². The van der Waals surface area contributed by atoms with Crippen LogP contribution in [0.2, 0.25) is 0 Å². The number of hydrogen-bond acceptors (Lipinski definition) is 4. The van der Waals surface area contributed by atoms with Crippen molar-refractivity contribution in [3.05, 3.63) is 53.0 Å². The van der Waals surface area contributed by atoms with E-state index < -0.39 is 0 Å². The fourth-order valence-corrected chi connectivity index (χ4v) is 4.26. The van der Waals surface area contributed by atoms with Gasteiger partial charge < -0.3 is 14.4 Å². The molecule has 0 saturated carbocycles. The Hall–Kier alpha value is -2.60. The predicted molar refractivity (Wildman–Crippen MR) is 109 cm³/mol. The zero-order valence-electron chi connectivity index (χ0n) is 17.0.